The van der Waals surface area contributed by atoms with Gasteiger partial charge in [0.15, 0.2) is 5.13 Å². The second-order valence-electron chi connectivity index (χ2n) is 4.71. The van der Waals surface area contributed by atoms with Gasteiger partial charge in [0.25, 0.3) is 0 Å². The summed E-state index contributed by atoms with van der Waals surface area (Å²) in [6, 6.07) is 8.03. The number of hydrogen-bond donors (Lipinski definition) is 0. The summed E-state index contributed by atoms with van der Waals surface area (Å²) in [7, 11) is 0. The molecule has 106 valence electrons. The van der Waals surface area contributed by atoms with Crippen molar-refractivity contribution in [2.75, 3.05) is 36.0 Å². The minimum atomic E-state index is 0.485. The molecule has 0 spiro atoms. The highest BCUT2D eigenvalue weighted by Gasteiger charge is 2.19. The van der Waals surface area contributed by atoms with Crippen molar-refractivity contribution < 1.29 is 0 Å². The van der Waals surface area contributed by atoms with Gasteiger partial charge in [-0.2, -0.15) is 0 Å². The van der Waals surface area contributed by atoms with Gasteiger partial charge < -0.3 is 9.80 Å². The van der Waals surface area contributed by atoms with Gasteiger partial charge in [0.2, 0.25) is 0 Å². The van der Waals surface area contributed by atoms with E-state index < -0.39 is 0 Å². The molecule has 0 unspecified atom stereocenters. The quantitative estimate of drug-likeness (QED) is 0.798. The number of thiazole rings is 1. The Morgan fingerprint density at radius 2 is 1.90 bits per heavy atom. The van der Waals surface area contributed by atoms with Crippen LogP contribution in [0.4, 0.5) is 10.8 Å². The highest BCUT2D eigenvalue weighted by atomic mass is 35.5. The van der Waals surface area contributed by atoms with Crippen LogP contribution < -0.4 is 9.80 Å². The Hall–Kier alpha value is -0.970. The third-order valence-electron chi connectivity index (χ3n) is 3.40. The van der Waals surface area contributed by atoms with Crippen LogP contribution in [-0.2, 0) is 5.88 Å². The van der Waals surface area contributed by atoms with Gasteiger partial charge in [-0.1, -0.05) is 17.7 Å². The number of nitrogens with zero attached hydrogens (tertiary/aromatic N) is 3. The van der Waals surface area contributed by atoms with Crippen molar-refractivity contribution in [3.63, 3.8) is 0 Å². The van der Waals surface area contributed by atoms with Crippen LogP contribution in [0.2, 0.25) is 5.02 Å². The summed E-state index contributed by atoms with van der Waals surface area (Å²) in [5.74, 6) is 0.485. The van der Waals surface area contributed by atoms with E-state index in [1.54, 1.807) is 11.3 Å². The Balaban J connectivity index is 1.64. The first-order chi connectivity index (χ1) is 9.76. The molecule has 0 saturated carbocycles. The Bertz CT molecular complexity index is 579. The normalized spacial score (nSPS) is 15.7. The first kappa shape index (κ1) is 14.0. The highest BCUT2D eigenvalue weighted by Crippen LogP contribution is 2.25. The van der Waals surface area contributed by atoms with Crippen molar-refractivity contribution in [2.24, 2.45) is 0 Å². The van der Waals surface area contributed by atoms with E-state index in [4.69, 9.17) is 23.2 Å². The summed E-state index contributed by atoms with van der Waals surface area (Å²) >= 11 is 13.5. The van der Waals surface area contributed by atoms with E-state index in [2.05, 4.69) is 20.9 Å². The monoisotopic (exact) mass is 327 g/mol. The van der Waals surface area contributed by atoms with Crippen LogP contribution in [0, 0.1) is 0 Å². The van der Waals surface area contributed by atoms with Crippen molar-refractivity contribution in [2.45, 2.75) is 5.88 Å². The molecule has 3 rings (SSSR count). The molecule has 0 radical (unpaired) electrons. The van der Waals surface area contributed by atoms with E-state index in [9.17, 15) is 0 Å². The van der Waals surface area contributed by atoms with E-state index in [0.717, 1.165) is 42.0 Å². The molecule has 1 aromatic carbocycles. The third kappa shape index (κ3) is 3.03. The lowest BCUT2D eigenvalue weighted by Crippen LogP contribution is -2.46. The third-order valence-corrected chi connectivity index (χ3v) is 4.86. The van der Waals surface area contributed by atoms with Crippen molar-refractivity contribution in [3.05, 3.63) is 40.4 Å². The molecule has 0 aliphatic carbocycles. The summed E-state index contributed by atoms with van der Waals surface area (Å²) in [5.41, 5.74) is 2.15. The maximum atomic E-state index is 6.05. The number of anilines is 2. The maximum absolute atomic E-state index is 6.05. The molecule has 6 heteroatoms. The molecule has 1 aromatic heterocycles. The Labute approximate surface area is 132 Å². The van der Waals surface area contributed by atoms with E-state index in [1.807, 2.05) is 23.6 Å². The molecule has 1 aliphatic heterocycles. The molecule has 2 heterocycles. The second-order valence-corrected chi connectivity index (χ2v) is 6.25. The predicted octanol–water partition coefficient (Wildman–Crippen LogP) is 3.86. The molecule has 2 aromatic rings. The van der Waals surface area contributed by atoms with Gasteiger partial charge in [0.1, 0.15) is 0 Å². The van der Waals surface area contributed by atoms with E-state index >= 15 is 0 Å². The summed E-state index contributed by atoms with van der Waals surface area (Å²) < 4.78 is 0. The molecular weight excluding hydrogens is 313 g/mol. The maximum Gasteiger partial charge on any atom is 0.185 e. The van der Waals surface area contributed by atoms with Crippen LogP contribution in [0.5, 0.6) is 0 Å². The summed E-state index contributed by atoms with van der Waals surface area (Å²) in [5, 5.41) is 3.90. The van der Waals surface area contributed by atoms with Crippen LogP contribution in [0.25, 0.3) is 0 Å². The molecule has 1 saturated heterocycles. The molecule has 20 heavy (non-hydrogen) atoms. The first-order valence-electron chi connectivity index (χ1n) is 6.52. The average Bonchev–Trinajstić information content (AvgIpc) is 2.96. The SMILES string of the molecule is ClCc1csc(N2CCN(c3cccc(Cl)c3)CC2)n1. The Morgan fingerprint density at radius 1 is 1.15 bits per heavy atom. The number of piperazine rings is 1. The fourth-order valence-corrected chi connectivity index (χ4v) is 3.62. The molecule has 1 fully saturated rings. The van der Waals surface area contributed by atoms with E-state index in [-0.39, 0.29) is 0 Å². The van der Waals surface area contributed by atoms with E-state index in [1.165, 1.54) is 5.69 Å². The molecule has 0 amide bonds. The predicted molar refractivity (Wildman–Crippen MR) is 87.5 cm³/mol. The van der Waals surface area contributed by atoms with Crippen LogP contribution in [-0.4, -0.2) is 31.2 Å². The lowest BCUT2D eigenvalue weighted by molar-refractivity contribution is 0.651. The summed E-state index contributed by atoms with van der Waals surface area (Å²) in [6.45, 7) is 3.91. The zero-order valence-electron chi connectivity index (χ0n) is 10.9. The van der Waals surface area contributed by atoms with Crippen LogP contribution in [0.15, 0.2) is 29.6 Å². The molecule has 1 aliphatic rings. The Kier molecular flexibility index (Phi) is 4.34. The first-order valence-corrected chi connectivity index (χ1v) is 8.31. The topological polar surface area (TPSA) is 19.4 Å². The average molecular weight is 328 g/mol. The molecule has 0 atom stereocenters. The van der Waals surface area contributed by atoms with Crippen molar-refractivity contribution in [1.82, 2.24) is 4.98 Å². The molecular formula is C14H15Cl2N3S. The second kappa shape index (κ2) is 6.20. The van der Waals surface area contributed by atoms with Crippen molar-refractivity contribution >= 4 is 45.4 Å². The molecule has 0 bridgehead atoms. The lowest BCUT2D eigenvalue weighted by atomic mass is 10.2. The number of rotatable bonds is 3. The van der Waals surface area contributed by atoms with E-state index in [0.29, 0.717) is 5.88 Å². The number of aromatic nitrogens is 1. The standard InChI is InChI=1S/C14H15Cl2N3S/c15-9-12-10-20-14(17-12)19-6-4-18(5-7-19)13-3-1-2-11(16)8-13/h1-3,8,10H,4-7,9H2. The number of halogens is 2. The van der Waals surface area contributed by atoms with Crippen LogP contribution in [0.3, 0.4) is 0 Å². The van der Waals surface area contributed by atoms with Gasteiger partial charge in [0, 0.05) is 42.3 Å². The highest BCUT2D eigenvalue weighted by molar-refractivity contribution is 7.13. The van der Waals surface area contributed by atoms with Crippen LogP contribution in [0.1, 0.15) is 5.69 Å². The van der Waals surface area contributed by atoms with Crippen molar-refractivity contribution in [1.29, 1.82) is 0 Å². The van der Waals surface area contributed by atoms with Gasteiger partial charge in [-0.25, -0.2) is 4.98 Å². The lowest BCUT2D eigenvalue weighted by Gasteiger charge is -2.36. The minimum absolute atomic E-state index is 0.485. The zero-order chi connectivity index (χ0) is 13.9. The van der Waals surface area contributed by atoms with Gasteiger partial charge in [-0.05, 0) is 18.2 Å². The van der Waals surface area contributed by atoms with Crippen LogP contribution >= 0.6 is 34.5 Å². The minimum Gasteiger partial charge on any atom is -0.368 e. The fraction of sp³-hybridized carbons (Fsp3) is 0.357. The molecule has 3 nitrogen and oxygen atoms in total. The van der Waals surface area contributed by atoms with Gasteiger partial charge >= 0.3 is 0 Å². The van der Waals surface area contributed by atoms with Gasteiger partial charge in [-0.15, -0.1) is 22.9 Å². The smallest absolute Gasteiger partial charge is 0.185 e. The van der Waals surface area contributed by atoms with Crippen molar-refractivity contribution in [3.8, 4) is 0 Å². The molecule has 0 N–H and O–H groups in total. The zero-order valence-corrected chi connectivity index (χ0v) is 13.3. The summed E-state index contributed by atoms with van der Waals surface area (Å²) in [4.78, 5) is 9.22. The number of benzene rings is 1. The number of alkyl halides is 1. The van der Waals surface area contributed by atoms with Gasteiger partial charge in [-0.3, -0.25) is 0 Å². The largest absolute Gasteiger partial charge is 0.368 e. The summed E-state index contributed by atoms with van der Waals surface area (Å²) in [6.07, 6.45) is 0. The Morgan fingerprint density at radius 3 is 2.55 bits per heavy atom. The fourth-order valence-electron chi connectivity index (χ4n) is 2.33. The van der Waals surface area contributed by atoms with Gasteiger partial charge in [0.05, 0.1) is 11.6 Å². The number of hydrogen-bond acceptors (Lipinski definition) is 4.